The second-order valence-corrected chi connectivity index (χ2v) is 7.06. The number of thiophene rings is 1. The van der Waals surface area contributed by atoms with Crippen LogP contribution < -0.4 is 0 Å². The molecule has 1 aromatic rings. The zero-order valence-electron chi connectivity index (χ0n) is 10.1. The number of ether oxygens (including phenoxy) is 2. The second-order valence-electron chi connectivity index (χ2n) is 5.20. The lowest BCUT2D eigenvalue weighted by molar-refractivity contribution is -0.116. The Kier molecular flexibility index (Phi) is 3.78. The molecule has 3 atom stereocenters. The maximum atomic E-state index is 10.5. The zero-order valence-corrected chi connectivity index (χ0v) is 12.5. The molecular formula is C13H17BrO3S. The van der Waals surface area contributed by atoms with Crippen molar-refractivity contribution in [2.24, 2.45) is 5.92 Å². The third-order valence-electron chi connectivity index (χ3n) is 3.92. The molecule has 2 aliphatic heterocycles. The summed E-state index contributed by atoms with van der Waals surface area (Å²) in [5, 5.41) is 12.5. The number of halogens is 1. The summed E-state index contributed by atoms with van der Waals surface area (Å²) in [6, 6.07) is 2.02. The van der Waals surface area contributed by atoms with E-state index in [1.807, 2.05) is 11.4 Å². The molecule has 0 saturated carbocycles. The van der Waals surface area contributed by atoms with Crippen LogP contribution in [0.15, 0.2) is 15.9 Å². The van der Waals surface area contributed by atoms with Gasteiger partial charge in [-0.2, -0.15) is 0 Å². The molecule has 0 aromatic carbocycles. The molecule has 5 heteroatoms. The lowest BCUT2D eigenvalue weighted by Gasteiger charge is -2.38. The number of hydrogen-bond donors (Lipinski definition) is 1. The molecule has 3 unspecified atom stereocenters. The van der Waals surface area contributed by atoms with E-state index < -0.39 is 0 Å². The Labute approximate surface area is 119 Å². The normalized spacial score (nSPS) is 34.0. The first-order valence-electron chi connectivity index (χ1n) is 6.32. The summed E-state index contributed by atoms with van der Waals surface area (Å²) < 4.78 is 12.4. The van der Waals surface area contributed by atoms with Crippen molar-refractivity contribution in [3.63, 3.8) is 0 Å². The third kappa shape index (κ3) is 2.51. The van der Waals surface area contributed by atoms with E-state index in [4.69, 9.17) is 9.47 Å². The molecule has 0 aliphatic carbocycles. The van der Waals surface area contributed by atoms with Crippen LogP contribution in [0.5, 0.6) is 0 Å². The van der Waals surface area contributed by atoms with Crippen molar-refractivity contribution in [2.75, 3.05) is 19.8 Å². The summed E-state index contributed by atoms with van der Waals surface area (Å²) in [6.45, 7) is 2.20. The molecule has 1 spiro atoms. The van der Waals surface area contributed by atoms with Gasteiger partial charge in [-0.25, -0.2) is 0 Å². The van der Waals surface area contributed by atoms with Gasteiger partial charge in [0.05, 0.1) is 18.3 Å². The van der Waals surface area contributed by atoms with Gasteiger partial charge in [-0.3, -0.25) is 0 Å². The van der Waals surface area contributed by atoms with Crippen LogP contribution in [-0.4, -0.2) is 30.5 Å². The second kappa shape index (κ2) is 5.21. The summed E-state index contributed by atoms with van der Waals surface area (Å²) in [7, 11) is 0. The van der Waals surface area contributed by atoms with Gasteiger partial charge in [-0.1, -0.05) is 0 Å². The quantitative estimate of drug-likeness (QED) is 0.904. The predicted octanol–water partition coefficient (Wildman–Crippen LogP) is 3.13. The number of rotatable bonds is 2. The van der Waals surface area contributed by atoms with Crippen molar-refractivity contribution in [3.8, 4) is 0 Å². The molecule has 0 amide bonds. The van der Waals surface area contributed by atoms with E-state index in [2.05, 4.69) is 15.9 Å². The van der Waals surface area contributed by atoms with Crippen molar-refractivity contribution in [3.05, 3.63) is 20.8 Å². The Hall–Kier alpha value is 0.0600. The molecule has 3 rings (SSSR count). The molecule has 3 heterocycles. The van der Waals surface area contributed by atoms with E-state index in [-0.39, 0.29) is 17.6 Å². The minimum Gasteiger partial charge on any atom is -0.387 e. The van der Waals surface area contributed by atoms with Crippen LogP contribution in [0.4, 0.5) is 0 Å². The van der Waals surface area contributed by atoms with Gasteiger partial charge < -0.3 is 14.6 Å². The van der Waals surface area contributed by atoms with Crippen molar-refractivity contribution >= 4 is 27.3 Å². The van der Waals surface area contributed by atoms with Crippen LogP contribution in [0.2, 0.25) is 0 Å². The van der Waals surface area contributed by atoms with Crippen LogP contribution in [0, 0.1) is 5.92 Å². The van der Waals surface area contributed by atoms with Gasteiger partial charge in [0.1, 0.15) is 0 Å². The first-order valence-corrected chi connectivity index (χ1v) is 7.99. The van der Waals surface area contributed by atoms with Gasteiger partial charge in [-0.15, -0.1) is 11.3 Å². The van der Waals surface area contributed by atoms with Crippen molar-refractivity contribution in [1.29, 1.82) is 0 Å². The minimum absolute atomic E-state index is 0.127. The molecular weight excluding hydrogens is 316 g/mol. The average molecular weight is 333 g/mol. The third-order valence-corrected chi connectivity index (χ3v) is 5.69. The molecule has 3 nitrogen and oxygen atoms in total. The van der Waals surface area contributed by atoms with Crippen LogP contribution in [-0.2, 0) is 9.47 Å². The standard InChI is InChI=1S/C13H17BrO3S/c14-10-5-11(18-7-10)12(15)9-1-3-17-13(6-9)2-4-16-8-13/h5,7,9,12,15H,1-4,6,8H2. The maximum Gasteiger partial charge on any atom is 0.0940 e. The largest absolute Gasteiger partial charge is 0.387 e. The van der Waals surface area contributed by atoms with Crippen LogP contribution in [0.1, 0.15) is 30.2 Å². The lowest BCUT2D eigenvalue weighted by Crippen LogP contribution is -2.41. The van der Waals surface area contributed by atoms with E-state index in [1.165, 1.54) is 0 Å². The van der Waals surface area contributed by atoms with Gasteiger partial charge in [0.25, 0.3) is 0 Å². The summed E-state index contributed by atoms with van der Waals surface area (Å²) >= 11 is 5.05. The van der Waals surface area contributed by atoms with E-state index >= 15 is 0 Å². The van der Waals surface area contributed by atoms with E-state index in [9.17, 15) is 5.11 Å². The Bertz CT molecular complexity index is 414. The molecule has 0 bridgehead atoms. The van der Waals surface area contributed by atoms with Gasteiger partial charge in [0, 0.05) is 34.4 Å². The fraction of sp³-hybridized carbons (Fsp3) is 0.692. The molecule has 1 aromatic heterocycles. The number of hydrogen-bond acceptors (Lipinski definition) is 4. The molecule has 1 N–H and O–H groups in total. The van der Waals surface area contributed by atoms with Crippen molar-refractivity contribution in [2.45, 2.75) is 31.0 Å². The predicted molar refractivity (Wildman–Crippen MR) is 73.8 cm³/mol. The monoisotopic (exact) mass is 332 g/mol. The first kappa shape index (κ1) is 13.1. The van der Waals surface area contributed by atoms with Gasteiger partial charge in [0.2, 0.25) is 0 Å². The Morgan fingerprint density at radius 3 is 3.06 bits per heavy atom. The van der Waals surface area contributed by atoms with Crippen LogP contribution in [0.3, 0.4) is 0 Å². The summed E-state index contributed by atoms with van der Waals surface area (Å²) in [5.74, 6) is 0.283. The highest BCUT2D eigenvalue weighted by Gasteiger charge is 2.43. The zero-order chi connectivity index (χ0) is 12.6. The van der Waals surface area contributed by atoms with E-state index in [0.717, 1.165) is 41.8 Å². The SMILES string of the molecule is OC(c1cc(Br)cs1)C1CCOC2(CCOC2)C1. The van der Waals surface area contributed by atoms with Crippen molar-refractivity contribution < 1.29 is 14.6 Å². The van der Waals surface area contributed by atoms with E-state index in [0.29, 0.717) is 6.61 Å². The Morgan fingerprint density at radius 2 is 2.39 bits per heavy atom. The fourth-order valence-corrected chi connectivity index (χ4v) is 4.44. The van der Waals surface area contributed by atoms with Gasteiger partial charge >= 0.3 is 0 Å². The smallest absolute Gasteiger partial charge is 0.0940 e. The highest BCUT2D eigenvalue weighted by molar-refractivity contribution is 9.10. The summed E-state index contributed by atoms with van der Waals surface area (Å²) in [5.41, 5.74) is -0.127. The Balaban J connectivity index is 1.72. The molecule has 2 saturated heterocycles. The number of aliphatic hydroxyl groups excluding tert-OH is 1. The first-order chi connectivity index (χ1) is 8.69. The molecule has 2 fully saturated rings. The molecule has 2 aliphatic rings. The lowest BCUT2D eigenvalue weighted by atomic mass is 9.82. The average Bonchev–Trinajstić information content (AvgIpc) is 2.98. The maximum absolute atomic E-state index is 10.5. The van der Waals surface area contributed by atoms with Crippen molar-refractivity contribution in [1.82, 2.24) is 0 Å². The molecule has 18 heavy (non-hydrogen) atoms. The summed E-state index contributed by atoms with van der Waals surface area (Å²) in [6.07, 6.45) is 2.43. The van der Waals surface area contributed by atoms with Gasteiger partial charge in [-0.05, 0) is 40.8 Å². The minimum atomic E-state index is -0.373. The topological polar surface area (TPSA) is 38.7 Å². The molecule has 0 radical (unpaired) electrons. The highest BCUT2D eigenvalue weighted by Crippen LogP contribution is 2.42. The molecule has 100 valence electrons. The van der Waals surface area contributed by atoms with Crippen LogP contribution >= 0.6 is 27.3 Å². The van der Waals surface area contributed by atoms with Gasteiger partial charge in [0.15, 0.2) is 0 Å². The summed E-state index contributed by atoms with van der Waals surface area (Å²) in [4.78, 5) is 1.04. The fourth-order valence-electron chi connectivity index (χ4n) is 2.91. The Morgan fingerprint density at radius 1 is 1.50 bits per heavy atom. The number of aliphatic hydroxyl groups is 1. The van der Waals surface area contributed by atoms with Crippen LogP contribution in [0.25, 0.3) is 0 Å². The highest BCUT2D eigenvalue weighted by atomic mass is 79.9. The van der Waals surface area contributed by atoms with E-state index in [1.54, 1.807) is 11.3 Å².